The van der Waals surface area contributed by atoms with E-state index in [0.717, 1.165) is 16.5 Å². The third-order valence-electron chi connectivity index (χ3n) is 3.47. The number of hydrogen-bond acceptors (Lipinski definition) is 5. The van der Waals surface area contributed by atoms with Gasteiger partial charge in [0.25, 0.3) is 0 Å². The maximum Gasteiger partial charge on any atom is 0.138 e. The van der Waals surface area contributed by atoms with Crippen molar-refractivity contribution in [1.29, 1.82) is 0 Å². The van der Waals surface area contributed by atoms with Crippen LogP contribution in [-0.4, -0.2) is 17.2 Å². The van der Waals surface area contributed by atoms with Gasteiger partial charge in [-0.15, -0.1) is 0 Å². The summed E-state index contributed by atoms with van der Waals surface area (Å²) in [5.41, 5.74) is 6.22. The number of anilines is 1. The number of pyridine rings is 1. The smallest absolute Gasteiger partial charge is 0.138 e. The normalized spacial score (nSPS) is 11.1. The van der Waals surface area contributed by atoms with Gasteiger partial charge >= 0.3 is 0 Å². The quantitative estimate of drug-likeness (QED) is 0.450. The summed E-state index contributed by atoms with van der Waals surface area (Å²) >= 11 is 6.19. The summed E-state index contributed by atoms with van der Waals surface area (Å²) in [4.78, 5) is 15.1. The molecule has 5 nitrogen and oxygen atoms in total. The lowest BCUT2D eigenvalue weighted by atomic mass is 10.1. The van der Waals surface area contributed by atoms with Gasteiger partial charge in [-0.2, -0.15) is 5.10 Å². The van der Waals surface area contributed by atoms with E-state index in [1.807, 2.05) is 31.2 Å². The zero-order valence-corrected chi connectivity index (χ0v) is 13.5. The Morgan fingerprint density at radius 3 is 2.67 bits per heavy atom. The summed E-state index contributed by atoms with van der Waals surface area (Å²) in [6, 6.07) is 14.0. The summed E-state index contributed by atoms with van der Waals surface area (Å²) < 4.78 is 0. The van der Waals surface area contributed by atoms with Crippen molar-refractivity contribution in [2.45, 2.75) is 6.92 Å². The fourth-order valence-corrected chi connectivity index (χ4v) is 2.41. The van der Waals surface area contributed by atoms with Crippen molar-refractivity contribution in [3.8, 4) is 0 Å². The summed E-state index contributed by atoms with van der Waals surface area (Å²) in [6.45, 7) is 2.00. The summed E-state index contributed by atoms with van der Waals surface area (Å²) in [7, 11) is 0. The average molecular weight is 339 g/mol. The highest BCUT2D eigenvalue weighted by Gasteiger charge is 2.03. The first-order valence-electron chi connectivity index (χ1n) is 7.20. The number of aromatic carboxylic acids is 1. The van der Waals surface area contributed by atoms with Crippen LogP contribution in [0.15, 0.2) is 53.6 Å². The second kappa shape index (κ2) is 6.68. The topological polar surface area (TPSA) is 77.4 Å². The minimum absolute atomic E-state index is 0.113. The van der Waals surface area contributed by atoms with E-state index in [4.69, 9.17) is 11.6 Å². The molecule has 0 atom stereocenters. The van der Waals surface area contributed by atoms with E-state index in [-0.39, 0.29) is 5.56 Å². The van der Waals surface area contributed by atoms with Crippen LogP contribution < -0.4 is 10.5 Å². The van der Waals surface area contributed by atoms with Gasteiger partial charge in [0, 0.05) is 10.9 Å². The number of aromatic nitrogens is 1. The summed E-state index contributed by atoms with van der Waals surface area (Å²) in [6.07, 6.45) is 1.57. The van der Waals surface area contributed by atoms with Crippen LogP contribution in [0.3, 0.4) is 0 Å². The van der Waals surface area contributed by atoms with Crippen molar-refractivity contribution in [2.24, 2.45) is 5.10 Å². The first-order chi connectivity index (χ1) is 11.5. The Bertz CT molecular complexity index is 937. The lowest BCUT2D eigenvalue weighted by molar-refractivity contribution is -0.255. The minimum Gasteiger partial charge on any atom is -0.545 e. The Balaban J connectivity index is 1.78. The molecular formula is C18H13ClN3O2-. The third-order valence-corrected chi connectivity index (χ3v) is 3.77. The molecule has 1 N–H and O–H groups in total. The van der Waals surface area contributed by atoms with Gasteiger partial charge in [-0.05, 0) is 42.3 Å². The van der Waals surface area contributed by atoms with Crippen LogP contribution in [0.5, 0.6) is 0 Å². The SMILES string of the molecule is Cc1ccc2cc(/C=N\Nc3ccc(C(=O)[O-])cc3)c(Cl)nc2c1. The lowest BCUT2D eigenvalue weighted by Crippen LogP contribution is -2.21. The van der Waals surface area contributed by atoms with Crippen molar-refractivity contribution < 1.29 is 9.90 Å². The number of carbonyl (C=O) groups is 1. The molecule has 0 amide bonds. The van der Waals surface area contributed by atoms with Gasteiger partial charge in [0.15, 0.2) is 0 Å². The van der Waals surface area contributed by atoms with E-state index < -0.39 is 5.97 Å². The molecule has 0 bridgehead atoms. The largest absolute Gasteiger partial charge is 0.545 e. The van der Waals surface area contributed by atoms with Crippen molar-refractivity contribution in [3.05, 3.63) is 70.4 Å². The van der Waals surface area contributed by atoms with Gasteiger partial charge in [-0.3, -0.25) is 5.43 Å². The number of carboxylic acids is 1. The number of carboxylic acid groups (broad SMARTS) is 1. The predicted octanol–water partition coefficient (Wildman–Crippen LogP) is 3.01. The fraction of sp³-hybridized carbons (Fsp3) is 0.0556. The third kappa shape index (κ3) is 3.52. The van der Waals surface area contributed by atoms with E-state index >= 15 is 0 Å². The molecule has 0 aliphatic carbocycles. The Kier molecular flexibility index (Phi) is 4.44. The molecule has 0 aliphatic rings. The molecule has 0 spiro atoms. The predicted molar refractivity (Wildman–Crippen MR) is 93.5 cm³/mol. The van der Waals surface area contributed by atoms with Crippen LogP contribution in [0.2, 0.25) is 5.15 Å². The number of carbonyl (C=O) groups excluding carboxylic acids is 1. The number of fused-ring (bicyclic) bond motifs is 1. The molecule has 0 fully saturated rings. The van der Waals surface area contributed by atoms with Gasteiger partial charge < -0.3 is 9.90 Å². The standard InChI is InChI=1S/C18H14ClN3O2/c1-11-2-3-13-9-14(17(19)21-16(13)8-11)10-20-22-15-6-4-12(5-7-15)18(23)24/h2-10,22H,1H3,(H,23,24)/p-1/b20-10-. The van der Waals surface area contributed by atoms with Crippen LogP contribution >= 0.6 is 11.6 Å². The molecule has 6 heteroatoms. The van der Waals surface area contributed by atoms with E-state index in [1.54, 1.807) is 18.3 Å². The van der Waals surface area contributed by atoms with Crippen molar-refractivity contribution in [2.75, 3.05) is 5.43 Å². The first-order valence-corrected chi connectivity index (χ1v) is 7.58. The van der Waals surface area contributed by atoms with Gasteiger partial charge in [0.2, 0.25) is 0 Å². The first kappa shape index (κ1) is 16.0. The highest BCUT2D eigenvalue weighted by Crippen LogP contribution is 2.20. The number of nitrogens with one attached hydrogen (secondary N) is 1. The van der Waals surface area contributed by atoms with Crippen LogP contribution in [0.1, 0.15) is 21.5 Å². The number of rotatable bonds is 4. The molecule has 3 aromatic rings. The Morgan fingerprint density at radius 2 is 1.96 bits per heavy atom. The fourth-order valence-electron chi connectivity index (χ4n) is 2.22. The van der Waals surface area contributed by atoms with Crippen molar-refractivity contribution in [1.82, 2.24) is 4.98 Å². The number of hydrogen-bond donors (Lipinski definition) is 1. The molecule has 1 aromatic heterocycles. The van der Waals surface area contributed by atoms with Gasteiger partial charge in [-0.1, -0.05) is 35.9 Å². The maximum atomic E-state index is 10.7. The van der Waals surface area contributed by atoms with E-state index in [2.05, 4.69) is 15.5 Å². The Morgan fingerprint density at radius 1 is 1.21 bits per heavy atom. The molecule has 1 heterocycles. The zero-order chi connectivity index (χ0) is 17.1. The Labute approximate surface area is 143 Å². The highest BCUT2D eigenvalue weighted by molar-refractivity contribution is 6.32. The van der Waals surface area contributed by atoms with Crippen LogP contribution in [0, 0.1) is 6.92 Å². The maximum absolute atomic E-state index is 10.7. The molecule has 0 unspecified atom stereocenters. The number of nitrogens with zero attached hydrogens (tertiary/aromatic N) is 2. The molecule has 3 rings (SSSR count). The lowest BCUT2D eigenvalue weighted by Gasteiger charge is -2.05. The molecule has 24 heavy (non-hydrogen) atoms. The van der Waals surface area contributed by atoms with Crippen LogP contribution in [-0.2, 0) is 0 Å². The monoisotopic (exact) mass is 338 g/mol. The van der Waals surface area contributed by atoms with E-state index in [0.29, 0.717) is 16.4 Å². The molecule has 0 aliphatic heterocycles. The second-order valence-electron chi connectivity index (χ2n) is 5.30. The van der Waals surface area contributed by atoms with Crippen molar-refractivity contribution >= 4 is 40.4 Å². The summed E-state index contributed by atoms with van der Waals surface area (Å²) in [5, 5.41) is 16.1. The van der Waals surface area contributed by atoms with E-state index in [9.17, 15) is 9.90 Å². The van der Waals surface area contributed by atoms with Gasteiger partial charge in [-0.25, -0.2) is 4.98 Å². The zero-order valence-electron chi connectivity index (χ0n) is 12.8. The van der Waals surface area contributed by atoms with Gasteiger partial charge in [0.05, 0.1) is 23.4 Å². The van der Waals surface area contributed by atoms with Crippen molar-refractivity contribution in [3.63, 3.8) is 0 Å². The second-order valence-corrected chi connectivity index (χ2v) is 5.66. The number of hydrazone groups is 1. The Hall–Kier alpha value is -2.92. The van der Waals surface area contributed by atoms with Crippen LogP contribution in [0.4, 0.5) is 5.69 Å². The van der Waals surface area contributed by atoms with Gasteiger partial charge in [0.1, 0.15) is 5.15 Å². The molecule has 0 radical (unpaired) electrons. The molecular weight excluding hydrogens is 326 g/mol. The molecule has 120 valence electrons. The van der Waals surface area contributed by atoms with E-state index in [1.165, 1.54) is 12.1 Å². The highest BCUT2D eigenvalue weighted by atomic mass is 35.5. The average Bonchev–Trinajstić information content (AvgIpc) is 2.56. The molecule has 0 saturated carbocycles. The summed E-state index contributed by atoms with van der Waals surface area (Å²) in [5.74, 6) is -1.21. The number of benzene rings is 2. The minimum atomic E-state index is -1.21. The number of aryl methyl sites for hydroxylation is 1. The molecule has 2 aromatic carbocycles. The number of halogens is 1. The molecule has 0 saturated heterocycles. The van der Waals surface area contributed by atoms with Crippen LogP contribution in [0.25, 0.3) is 10.9 Å².